The van der Waals surface area contributed by atoms with Gasteiger partial charge in [0.05, 0.1) is 23.6 Å². The molecule has 7 heteroatoms. The average molecular weight is 366 g/mol. The standard InChI is InChI=1S/C20H18N2O5/c1-27-18-8-6-11(10-17(18)22(25)26)19-14-4-2-3-13(14)15-9-12(20(23)24)5-7-16(15)21-19/h2-3,5-10,13-14,19,21H,4H2,1H3,(H,23,24)/t13-,14-,19-/m0/s1. The number of aromatic carboxylic acids is 1. The maximum atomic E-state index is 11.4. The Morgan fingerprint density at radius 1 is 1.30 bits per heavy atom. The molecule has 0 saturated heterocycles. The summed E-state index contributed by atoms with van der Waals surface area (Å²) < 4.78 is 5.10. The molecule has 0 amide bonds. The van der Waals surface area contributed by atoms with Crippen molar-refractivity contribution in [2.24, 2.45) is 5.92 Å². The molecule has 2 aromatic carbocycles. The second-order valence-corrected chi connectivity index (χ2v) is 6.77. The number of ether oxygens (including phenoxy) is 1. The van der Waals surface area contributed by atoms with Crippen molar-refractivity contribution in [3.63, 3.8) is 0 Å². The summed E-state index contributed by atoms with van der Waals surface area (Å²) >= 11 is 0. The Balaban J connectivity index is 1.77. The molecule has 138 valence electrons. The Bertz CT molecular complexity index is 969. The number of hydrogen-bond donors (Lipinski definition) is 2. The van der Waals surface area contributed by atoms with Crippen LogP contribution in [0.15, 0.2) is 48.6 Å². The first-order valence-electron chi connectivity index (χ1n) is 8.62. The van der Waals surface area contributed by atoms with E-state index in [0.29, 0.717) is 0 Å². The fourth-order valence-electron chi connectivity index (χ4n) is 4.10. The van der Waals surface area contributed by atoms with Gasteiger partial charge in [-0.05, 0) is 47.7 Å². The number of nitrogens with one attached hydrogen (secondary N) is 1. The highest BCUT2D eigenvalue weighted by Gasteiger charge is 2.38. The molecule has 1 aliphatic heterocycles. The summed E-state index contributed by atoms with van der Waals surface area (Å²) in [5.41, 5.74) is 2.82. The summed E-state index contributed by atoms with van der Waals surface area (Å²) in [4.78, 5) is 22.3. The van der Waals surface area contributed by atoms with E-state index in [9.17, 15) is 20.0 Å². The van der Waals surface area contributed by atoms with Crippen LogP contribution in [0.4, 0.5) is 11.4 Å². The molecule has 3 atom stereocenters. The van der Waals surface area contributed by atoms with Crippen LogP contribution in [0.5, 0.6) is 5.75 Å². The van der Waals surface area contributed by atoms with Crippen LogP contribution in [-0.2, 0) is 0 Å². The number of rotatable bonds is 4. The maximum Gasteiger partial charge on any atom is 0.335 e. The lowest BCUT2D eigenvalue weighted by Gasteiger charge is -2.37. The Labute approximate surface area is 155 Å². The number of carboxylic acids is 1. The molecule has 0 unspecified atom stereocenters. The minimum absolute atomic E-state index is 0.0636. The number of benzene rings is 2. The van der Waals surface area contributed by atoms with Gasteiger partial charge in [0.2, 0.25) is 0 Å². The molecule has 0 fully saturated rings. The molecule has 1 heterocycles. The van der Waals surface area contributed by atoms with E-state index in [-0.39, 0.29) is 34.9 Å². The number of carbonyl (C=O) groups is 1. The van der Waals surface area contributed by atoms with Gasteiger partial charge in [0.15, 0.2) is 5.75 Å². The molecule has 27 heavy (non-hydrogen) atoms. The van der Waals surface area contributed by atoms with Crippen LogP contribution in [0.3, 0.4) is 0 Å². The molecular weight excluding hydrogens is 348 g/mol. The van der Waals surface area contributed by atoms with Crippen LogP contribution in [-0.4, -0.2) is 23.1 Å². The average Bonchev–Trinajstić information content (AvgIpc) is 3.16. The lowest BCUT2D eigenvalue weighted by atomic mass is 9.76. The van der Waals surface area contributed by atoms with E-state index in [2.05, 4.69) is 17.5 Å². The van der Waals surface area contributed by atoms with Gasteiger partial charge in [-0.2, -0.15) is 0 Å². The molecule has 4 rings (SSSR count). The zero-order valence-corrected chi connectivity index (χ0v) is 14.6. The minimum atomic E-state index is -0.954. The molecule has 0 radical (unpaired) electrons. The van der Waals surface area contributed by atoms with Gasteiger partial charge in [0.1, 0.15) is 0 Å². The van der Waals surface area contributed by atoms with E-state index in [0.717, 1.165) is 23.2 Å². The van der Waals surface area contributed by atoms with Crippen molar-refractivity contribution in [1.29, 1.82) is 0 Å². The normalized spacial score (nSPS) is 22.5. The predicted octanol–water partition coefficient (Wildman–Crippen LogP) is 4.13. The topological polar surface area (TPSA) is 102 Å². The van der Waals surface area contributed by atoms with Crippen molar-refractivity contribution in [2.45, 2.75) is 18.4 Å². The number of methoxy groups -OCH3 is 1. The second kappa shape index (κ2) is 6.42. The first kappa shape index (κ1) is 17.1. The van der Waals surface area contributed by atoms with Crippen molar-refractivity contribution in [1.82, 2.24) is 0 Å². The zero-order valence-electron chi connectivity index (χ0n) is 14.6. The third-order valence-electron chi connectivity index (χ3n) is 5.37. The maximum absolute atomic E-state index is 11.4. The number of nitro groups is 1. The minimum Gasteiger partial charge on any atom is -0.490 e. The van der Waals surface area contributed by atoms with E-state index in [1.807, 2.05) is 6.07 Å². The molecule has 0 aromatic heterocycles. The fourth-order valence-corrected chi connectivity index (χ4v) is 4.10. The molecule has 7 nitrogen and oxygen atoms in total. The number of allylic oxidation sites excluding steroid dienone is 2. The van der Waals surface area contributed by atoms with Crippen LogP contribution in [0.25, 0.3) is 0 Å². The quantitative estimate of drug-likeness (QED) is 0.479. The summed E-state index contributed by atoms with van der Waals surface area (Å²) in [5.74, 6) is -0.488. The molecule has 0 saturated carbocycles. The molecule has 2 aromatic rings. The fraction of sp³-hybridized carbons (Fsp3) is 0.250. The highest BCUT2D eigenvalue weighted by Crippen LogP contribution is 2.50. The monoisotopic (exact) mass is 366 g/mol. The summed E-state index contributed by atoms with van der Waals surface area (Å²) in [6.07, 6.45) is 5.00. The number of fused-ring (bicyclic) bond motifs is 3. The first-order chi connectivity index (χ1) is 13.0. The third kappa shape index (κ3) is 2.81. The van der Waals surface area contributed by atoms with Crippen molar-refractivity contribution in [3.8, 4) is 5.75 Å². The van der Waals surface area contributed by atoms with Crippen molar-refractivity contribution in [3.05, 3.63) is 75.4 Å². The molecule has 2 N–H and O–H groups in total. The van der Waals surface area contributed by atoms with Gasteiger partial charge in [0, 0.05) is 17.7 Å². The predicted molar refractivity (Wildman–Crippen MR) is 99.4 cm³/mol. The van der Waals surface area contributed by atoms with Gasteiger partial charge in [-0.25, -0.2) is 4.79 Å². The van der Waals surface area contributed by atoms with Crippen molar-refractivity contribution < 1.29 is 19.6 Å². The van der Waals surface area contributed by atoms with Crippen LogP contribution < -0.4 is 10.1 Å². The molecular formula is C20H18N2O5. The number of nitro benzene ring substituents is 1. The summed E-state index contributed by atoms with van der Waals surface area (Å²) in [6.45, 7) is 0. The van der Waals surface area contributed by atoms with Crippen LogP contribution in [0.2, 0.25) is 0 Å². The lowest BCUT2D eigenvalue weighted by molar-refractivity contribution is -0.385. The molecule has 2 aliphatic rings. The van der Waals surface area contributed by atoms with E-state index >= 15 is 0 Å². The van der Waals surface area contributed by atoms with Gasteiger partial charge in [-0.15, -0.1) is 0 Å². The zero-order chi connectivity index (χ0) is 19.1. The number of nitrogens with zero attached hydrogens (tertiary/aromatic N) is 1. The van der Waals surface area contributed by atoms with E-state index in [4.69, 9.17) is 4.74 Å². The highest BCUT2D eigenvalue weighted by atomic mass is 16.6. The Morgan fingerprint density at radius 3 is 2.81 bits per heavy atom. The summed E-state index contributed by atoms with van der Waals surface area (Å²) in [6, 6.07) is 9.96. The van der Waals surface area contributed by atoms with E-state index in [1.165, 1.54) is 7.11 Å². The first-order valence-corrected chi connectivity index (χ1v) is 8.62. The Kier molecular flexibility index (Phi) is 4.07. The Morgan fingerprint density at radius 2 is 2.11 bits per heavy atom. The molecule has 0 bridgehead atoms. The smallest absolute Gasteiger partial charge is 0.335 e. The van der Waals surface area contributed by atoms with Crippen molar-refractivity contribution in [2.75, 3.05) is 12.4 Å². The number of hydrogen-bond acceptors (Lipinski definition) is 5. The second-order valence-electron chi connectivity index (χ2n) is 6.77. The van der Waals surface area contributed by atoms with Crippen LogP contribution in [0.1, 0.15) is 39.9 Å². The number of carboxylic acid groups (broad SMARTS) is 1. The third-order valence-corrected chi connectivity index (χ3v) is 5.37. The van der Waals surface area contributed by atoms with Gasteiger partial charge < -0.3 is 15.2 Å². The van der Waals surface area contributed by atoms with E-state index < -0.39 is 10.9 Å². The van der Waals surface area contributed by atoms with Gasteiger partial charge in [0.25, 0.3) is 0 Å². The SMILES string of the molecule is COc1ccc([C@@H]2Nc3ccc(C(=O)O)cc3[C@H]3C=CC[C@@H]32)cc1[N+](=O)[O-]. The summed E-state index contributed by atoms with van der Waals surface area (Å²) in [7, 11) is 1.41. The van der Waals surface area contributed by atoms with Gasteiger partial charge in [-0.1, -0.05) is 18.2 Å². The van der Waals surface area contributed by atoms with E-state index in [1.54, 1.807) is 30.3 Å². The van der Waals surface area contributed by atoms with Gasteiger partial charge >= 0.3 is 11.7 Å². The lowest BCUT2D eigenvalue weighted by Crippen LogP contribution is -2.29. The molecule has 0 spiro atoms. The highest BCUT2D eigenvalue weighted by molar-refractivity contribution is 5.89. The summed E-state index contributed by atoms with van der Waals surface area (Å²) in [5, 5.41) is 24.1. The van der Waals surface area contributed by atoms with Crippen LogP contribution >= 0.6 is 0 Å². The largest absolute Gasteiger partial charge is 0.490 e. The Hall–Kier alpha value is -3.35. The van der Waals surface area contributed by atoms with Crippen LogP contribution in [0, 0.1) is 16.0 Å². The van der Waals surface area contributed by atoms with Gasteiger partial charge in [-0.3, -0.25) is 10.1 Å². The van der Waals surface area contributed by atoms with Crippen molar-refractivity contribution >= 4 is 17.3 Å². The molecule has 1 aliphatic carbocycles. The number of anilines is 1.